The molecule has 0 bridgehead atoms. The first-order chi connectivity index (χ1) is 5.79. The molecule has 0 saturated carbocycles. The van der Waals surface area contributed by atoms with E-state index in [0.29, 0.717) is 0 Å². The van der Waals surface area contributed by atoms with Gasteiger partial charge in [0.2, 0.25) is 0 Å². The fraction of sp³-hybridized carbons (Fsp3) is 0.400. The molecule has 1 aliphatic rings. The first-order valence-electron chi connectivity index (χ1n) is 4.15. The third kappa shape index (κ3) is 1.34. The quantitative estimate of drug-likeness (QED) is 0.563. The third-order valence-electron chi connectivity index (χ3n) is 2.36. The Balaban J connectivity index is 2.42. The molecule has 2 heteroatoms. The van der Waals surface area contributed by atoms with Gasteiger partial charge in [0.1, 0.15) is 0 Å². The van der Waals surface area contributed by atoms with Crippen LogP contribution < -0.4 is 0 Å². The second kappa shape index (κ2) is 3.27. The monoisotopic (exact) mass is 200 g/mol. The lowest BCUT2D eigenvalue weighted by molar-refractivity contribution is 0.676. The van der Waals surface area contributed by atoms with E-state index in [1.807, 2.05) is 6.07 Å². The molecule has 0 heterocycles. The molecule has 2 rings (SSSR count). The summed E-state index contributed by atoms with van der Waals surface area (Å²) in [7, 11) is 0. The summed E-state index contributed by atoms with van der Waals surface area (Å²) in [5.41, 5.74) is 2.57. The molecule has 64 valence electrons. The van der Waals surface area contributed by atoms with Crippen LogP contribution in [0.25, 0.3) is 0 Å². The van der Waals surface area contributed by atoms with Crippen molar-refractivity contribution in [3.05, 3.63) is 35.4 Å². The van der Waals surface area contributed by atoms with Crippen molar-refractivity contribution in [1.29, 1.82) is 0 Å². The number of hydrogen-bond acceptors (Lipinski definition) is 0. The lowest BCUT2D eigenvalue weighted by atomic mass is 9.91. The molecule has 0 nitrogen and oxygen atoms in total. The largest absolute Gasteiger partial charge is 0.121 e. The van der Waals surface area contributed by atoms with Gasteiger partial charge in [-0.15, -0.1) is 23.2 Å². The van der Waals surface area contributed by atoms with Crippen molar-refractivity contribution in [2.24, 2.45) is 0 Å². The van der Waals surface area contributed by atoms with Crippen molar-refractivity contribution in [1.82, 2.24) is 0 Å². The molecule has 0 saturated heterocycles. The van der Waals surface area contributed by atoms with Crippen molar-refractivity contribution in [3.8, 4) is 0 Å². The maximum absolute atomic E-state index is 6.17. The van der Waals surface area contributed by atoms with E-state index >= 15 is 0 Å². The van der Waals surface area contributed by atoms with Gasteiger partial charge in [0.15, 0.2) is 0 Å². The highest BCUT2D eigenvalue weighted by atomic mass is 35.5. The second-order valence-corrected chi connectivity index (χ2v) is 4.19. The van der Waals surface area contributed by atoms with E-state index in [0.717, 1.165) is 12.8 Å². The minimum absolute atomic E-state index is 0.00313. The van der Waals surface area contributed by atoms with Gasteiger partial charge < -0.3 is 0 Å². The van der Waals surface area contributed by atoms with Crippen LogP contribution in [0.15, 0.2) is 24.3 Å². The Morgan fingerprint density at radius 1 is 1.17 bits per heavy atom. The summed E-state index contributed by atoms with van der Waals surface area (Å²) in [6.45, 7) is 0. The van der Waals surface area contributed by atoms with Gasteiger partial charge in [-0.2, -0.15) is 0 Å². The molecule has 2 atom stereocenters. The maximum atomic E-state index is 6.17. The summed E-state index contributed by atoms with van der Waals surface area (Å²) in [4.78, 5) is 0. The average molecular weight is 201 g/mol. The first-order valence-corrected chi connectivity index (χ1v) is 5.02. The van der Waals surface area contributed by atoms with Gasteiger partial charge in [0.25, 0.3) is 0 Å². The highest BCUT2D eigenvalue weighted by Crippen LogP contribution is 2.37. The van der Waals surface area contributed by atoms with Crippen molar-refractivity contribution >= 4 is 23.2 Å². The van der Waals surface area contributed by atoms with Crippen molar-refractivity contribution < 1.29 is 0 Å². The molecular formula is C10H10Cl2. The molecule has 0 aromatic heterocycles. The zero-order valence-electron chi connectivity index (χ0n) is 6.63. The van der Waals surface area contributed by atoms with Gasteiger partial charge >= 0.3 is 0 Å². The van der Waals surface area contributed by atoms with E-state index in [1.54, 1.807) is 0 Å². The van der Waals surface area contributed by atoms with Gasteiger partial charge in [0, 0.05) is 0 Å². The van der Waals surface area contributed by atoms with E-state index in [-0.39, 0.29) is 10.8 Å². The molecule has 0 spiro atoms. The molecule has 1 aliphatic carbocycles. The van der Waals surface area contributed by atoms with Crippen molar-refractivity contribution in [2.45, 2.75) is 23.6 Å². The number of hydrogen-bond donors (Lipinski definition) is 0. The summed E-state index contributed by atoms with van der Waals surface area (Å²) >= 11 is 12.2. The van der Waals surface area contributed by atoms with Crippen LogP contribution in [0.3, 0.4) is 0 Å². The third-order valence-corrected chi connectivity index (χ3v) is 3.50. The predicted molar refractivity (Wildman–Crippen MR) is 53.0 cm³/mol. The summed E-state index contributed by atoms with van der Waals surface area (Å²) in [5.74, 6) is 0. The lowest BCUT2D eigenvalue weighted by Crippen LogP contribution is -2.16. The summed E-state index contributed by atoms with van der Waals surface area (Å²) in [5, 5.41) is 0.0955. The molecule has 12 heavy (non-hydrogen) atoms. The van der Waals surface area contributed by atoms with Crippen LogP contribution in [-0.4, -0.2) is 5.38 Å². The van der Waals surface area contributed by atoms with E-state index < -0.39 is 0 Å². The fourth-order valence-corrected chi connectivity index (χ4v) is 2.25. The van der Waals surface area contributed by atoms with E-state index in [9.17, 15) is 0 Å². The highest BCUT2D eigenvalue weighted by molar-refractivity contribution is 6.30. The Hall–Kier alpha value is -0.200. The molecule has 1 aromatic rings. The second-order valence-electron chi connectivity index (χ2n) is 3.16. The predicted octanol–water partition coefficient (Wildman–Crippen LogP) is 3.52. The Bertz CT molecular complexity index is 283. The smallest absolute Gasteiger partial charge is 0.0751 e. The standard InChI is InChI=1S/C10H10Cl2/c11-9-6-5-7-3-1-2-4-8(7)10(9)12/h1-4,9-10H,5-6H2/t9-,10-/m1/s1. The summed E-state index contributed by atoms with van der Waals surface area (Å²) in [6, 6.07) is 8.27. The van der Waals surface area contributed by atoms with Crippen LogP contribution in [0.1, 0.15) is 22.9 Å². The normalized spacial score (nSPS) is 28.2. The van der Waals surface area contributed by atoms with Crippen LogP contribution >= 0.6 is 23.2 Å². The number of benzene rings is 1. The van der Waals surface area contributed by atoms with Crippen LogP contribution in [0, 0.1) is 0 Å². The van der Waals surface area contributed by atoms with Crippen LogP contribution in [0.2, 0.25) is 0 Å². The van der Waals surface area contributed by atoms with Gasteiger partial charge in [0.05, 0.1) is 10.8 Å². The van der Waals surface area contributed by atoms with Gasteiger partial charge in [-0.05, 0) is 24.0 Å². The van der Waals surface area contributed by atoms with Gasteiger partial charge in [-0.3, -0.25) is 0 Å². The van der Waals surface area contributed by atoms with Crippen molar-refractivity contribution in [3.63, 3.8) is 0 Å². The minimum atomic E-state index is -0.00313. The topological polar surface area (TPSA) is 0 Å². The fourth-order valence-electron chi connectivity index (χ4n) is 1.67. The summed E-state index contributed by atoms with van der Waals surface area (Å²) in [6.07, 6.45) is 2.06. The Morgan fingerprint density at radius 3 is 2.75 bits per heavy atom. The molecule has 0 N–H and O–H groups in total. The molecule has 0 unspecified atom stereocenters. The van der Waals surface area contributed by atoms with Gasteiger partial charge in [-0.1, -0.05) is 24.3 Å². The Kier molecular flexibility index (Phi) is 2.29. The van der Waals surface area contributed by atoms with Crippen LogP contribution in [-0.2, 0) is 6.42 Å². The average Bonchev–Trinajstić information content (AvgIpc) is 2.12. The molecule has 0 radical (unpaired) electrons. The number of aryl methyl sites for hydroxylation is 1. The molecule has 1 aromatic carbocycles. The molecular weight excluding hydrogens is 191 g/mol. The molecule has 0 amide bonds. The zero-order valence-corrected chi connectivity index (χ0v) is 8.15. The SMILES string of the molecule is Cl[C@@H]1CCc2ccccc2[C@H]1Cl. The van der Waals surface area contributed by atoms with Crippen LogP contribution in [0.4, 0.5) is 0 Å². The number of alkyl halides is 2. The Labute approximate surface area is 82.5 Å². The number of rotatable bonds is 0. The minimum Gasteiger partial charge on any atom is -0.121 e. The number of halogens is 2. The highest BCUT2D eigenvalue weighted by Gasteiger charge is 2.25. The van der Waals surface area contributed by atoms with E-state index in [4.69, 9.17) is 23.2 Å². The van der Waals surface area contributed by atoms with Crippen LogP contribution in [0.5, 0.6) is 0 Å². The molecule has 0 aliphatic heterocycles. The van der Waals surface area contributed by atoms with E-state index in [2.05, 4.69) is 18.2 Å². The van der Waals surface area contributed by atoms with Gasteiger partial charge in [-0.25, -0.2) is 0 Å². The Morgan fingerprint density at radius 2 is 1.92 bits per heavy atom. The van der Waals surface area contributed by atoms with Crippen molar-refractivity contribution in [2.75, 3.05) is 0 Å². The number of fused-ring (bicyclic) bond motifs is 1. The zero-order chi connectivity index (χ0) is 8.55. The summed E-state index contributed by atoms with van der Waals surface area (Å²) < 4.78 is 0. The maximum Gasteiger partial charge on any atom is 0.0751 e. The lowest BCUT2D eigenvalue weighted by Gasteiger charge is -2.24. The molecule has 0 fully saturated rings. The van der Waals surface area contributed by atoms with E-state index in [1.165, 1.54) is 11.1 Å². The first kappa shape index (κ1) is 8.40.